The number of piperidine rings is 1. The van der Waals surface area contributed by atoms with Gasteiger partial charge in [-0.2, -0.15) is 0 Å². The number of rotatable bonds is 3. The van der Waals surface area contributed by atoms with Gasteiger partial charge in [0, 0.05) is 25.7 Å². The van der Waals surface area contributed by atoms with Crippen LogP contribution in [-0.2, 0) is 12.8 Å². The van der Waals surface area contributed by atoms with Gasteiger partial charge in [-0.25, -0.2) is 0 Å². The molecule has 2 aliphatic rings. The molecule has 1 aliphatic carbocycles. The van der Waals surface area contributed by atoms with Gasteiger partial charge in [0.2, 0.25) is 0 Å². The molecule has 4 heteroatoms. The van der Waals surface area contributed by atoms with Gasteiger partial charge in [0.05, 0.1) is 5.56 Å². The highest BCUT2D eigenvalue weighted by atomic mass is 16.3. The minimum absolute atomic E-state index is 0.0842. The van der Waals surface area contributed by atoms with Crippen molar-refractivity contribution in [1.29, 1.82) is 0 Å². The van der Waals surface area contributed by atoms with Gasteiger partial charge in [-0.15, -0.1) is 0 Å². The van der Waals surface area contributed by atoms with Crippen molar-refractivity contribution < 1.29 is 9.21 Å². The van der Waals surface area contributed by atoms with E-state index in [2.05, 4.69) is 29.2 Å². The number of likely N-dealkylation sites (tertiary alicyclic amines) is 1. The van der Waals surface area contributed by atoms with Crippen LogP contribution in [0.3, 0.4) is 0 Å². The molecule has 1 aliphatic heterocycles. The largest absolute Gasteiger partial charge is 0.466 e. The lowest BCUT2D eigenvalue weighted by molar-refractivity contribution is 0.0554. The summed E-state index contributed by atoms with van der Waals surface area (Å²) < 4.78 is 5.55. The molecule has 4 rings (SSSR count). The molecule has 1 aromatic heterocycles. The maximum Gasteiger partial charge on any atom is 0.257 e. The summed E-state index contributed by atoms with van der Waals surface area (Å²) in [6.07, 6.45) is 4.51. The first-order valence-corrected chi connectivity index (χ1v) is 9.68. The van der Waals surface area contributed by atoms with Gasteiger partial charge in [-0.3, -0.25) is 9.69 Å². The topological polar surface area (TPSA) is 36.7 Å². The van der Waals surface area contributed by atoms with Crippen LogP contribution in [0.15, 0.2) is 34.7 Å². The van der Waals surface area contributed by atoms with Crippen molar-refractivity contribution in [2.45, 2.75) is 51.6 Å². The maximum absolute atomic E-state index is 12.9. The molecule has 4 nitrogen and oxygen atoms in total. The van der Waals surface area contributed by atoms with Crippen LogP contribution in [0.2, 0.25) is 0 Å². The molecule has 1 amide bonds. The van der Waals surface area contributed by atoms with Crippen LogP contribution in [0.5, 0.6) is 0 Å². The highest BCUT2D eigenvalue weighted by Gasteiger charge is 2.33. The monoisotopic (exact) mass is 352 g/mol. The minimum atomic E-state index is 0.0842. The van der Waals surface area contributed by atoms with Crippen LogP contribution >= 0.6 is 0 Å². The lowest BCUT2D eigenvalue weighted by Crippen LogP contribution is -2.51. The van der Waals surface area contributed by atoms with Crippen LogP contribution in [0, 0.1) is 13.8 Å². The Hall–Kier alpha value is -2.07. The van der Waals surface area contributed by atoms with Crippen LogP contribution in [0.1, 0.15) is 45.8 Å². The smallest absolute Gasteiger partial charge is 0.257 e. The molecule has 26 heavy (non-hydrogen) atoms. The summed E-state index contributed by atoms with van der Waals surface area (Å²) >= 11 is 0. The molecule has 1 unspecified atom stereocenters. The second-order valence-electron chi connectivity index (χ2n) is 7.86. The Morgan fingerprint density at radius 1 is 1.19 bits per heavy atom. The third-order valence-corrected chi connectivity index (χ3v) is 6.11. The zero-order chi connectivity index (χ0) is 18.3. The van der Waals surface area contributed by atoms with Crippen molar-refractivity contribution in [3.63, 3.8) is 0 Å². The Morgan fingerprint density at radius 2 is 1.88 bits per heavy atom. The molecule has 138 valence electrons. The molecule has 2 heterocycles. The van der Waals surface area contributed by atoms with Gasteiger partial charge in [-0.1, -0.05) is 24.3 Å². The molecule has 0 spiro atoms. The first-order chi connectivity index (χ1) is 12.5. The summed E-state index contributed by atoms with van der Waals surface area (Å²) in [5.41, 5.74) is 3.69. The molecule has 0 N–H and O–H groups in total. The summed E-state index contributed by atoms with van der Waals surface area (Å²) in [5, 5.41) is 0. The highest BCUT2D eigenvalue weighted by Crippen LogP contribution is 2.28. The number of likely N-dealkylation sites (N-methyl/N-ethyl adjacent to an activating group) is 1. The Morgan fingerprint density at radius 3 is 2.50 bits per heavy atom. The van der Waals surface area contributed by atoms with Crippen molar-refractivity contribution >= 4 is 5.91 Å². The molecule has 1 atom stereocenters. The van der Waals surface area contributed by atoms with E-state index in [4.69, 9.17) is 4.42 Å². The SMILES string of the molecule is Cc1cc(C(=O)N(C)C2CCCN(C3Cc4ccccc4C3)C2)c(C)o1. The van der Waals surface area contributed by atoms with Gasteiger partial charge >= 0.3 is 0 Å². The standard InChI is InChI=1S/C22H28N2O2/c1-15-11-21(16(2)26-15)22(25)23(3)19-9-6-10-24(14-19)20-12-17-7-4-5-8-18(17)13-20/h4-5,7-8,11,19-20H,6,9-10,12-14H2,1-3H3. The third kappa shape index (κ3) is 3.18. The van der Waals surface area contributed by atoms with E-state index in [1.54, 1.807) is 0 Å². The average molecular weight is 352 g/mol. The Labute approximate surface area is 155 Å². The van der Waals surface area contributed by atoms with Crippen LogP contribution in [0.4, 0.5) is 0 Å². The second-order valence-corrected chi connectivity index (χ2v) is 7.86. The van der Waals surface area contributed by atoms with Gasteiger partial charge in [0.1, 0.15) is 11.5 Å². The normalized spacial score (nSPS) is 21.0. The lowest BCUT2D eigenvalue weighted by atomic mass is 10.0. The molecular weight excluding hydrogens is 324 g/mol. The first-order valence-electron chi connectivity index (χ1n) is 9.68. The number of aryl methyl sites for hydroxylation is 2. The van der Waals surface area contributed by atoms with E-state index in [1.165, 1.54) is 11.1 Å². The number of hydrogen-bond acceptors (Lipinski definition) is 3. The molecule has 1 aromatic carbocycles. The van der Waals surface area contributed by atoms with E-state index in [9.17, 15) is 4.79 Å². The second kappa shape index (κ2) is 6.92. The zero-order valence-electron chi connectivity index (χ0n) is 16.0. The summed E-state index contributed by atoms with van der Waals surface area (Å²) in [4.78, 5) is 17.5. The van der Waals surface area contributed by atoms with Crippen molar-refractivity contribution in [1.82, 2.24) is 9.80 Å². The number of nitrogens with zero attached hydrogens (tertiary/aromatic N) is 2. The molecule has 0 bridgehead atoms. The van der Waals surface area contributed by atoms with E-state index in [1.807, 2.05) is 31.9 Å². The molecule has 0 radical (unpaired) electrons. The van der Waals surface area contributed by atoms with E-state index >= 15 is 0 Å². The van der Waals surface area contributed by atoms with Crippen molar-refractivity contribution in [3.8, 4) is 0 Å². The quantitative estimate of drug-likeness (QED) is 0.847. The van der Waals surface area contributed by atoms with Crippen LogP contribution in [0.25, 0.3) is 0 Å². The van der Waals surface area contributed by atoms with E-state index in [0.717, 1.165) is 50.3 Å². The maximum atomic E-state index is 12.9. The van der Waals surface area contributed by atoms with Crippen LogP contribution < -0.4 is 0 Å². The molecule has 1 saturated heterocycles. The number of carbonyl (C=O) groups is 1. The van der Waals surface area contributed by atoms with E-state index in [0.29, 0.717) is 11.6 Å². The Balaban J connectivity index is 1.44. The number of fused-ring (bicyclic) bond motifs is 1. The summed E-state index contributed by atoms with van der Waals surface area (Å²) in [6.45, 7) is 5.87. The fourth-order valence-electron chi connectivity index (χ4n) is 4.62. The number of carbonyl (C=O) groups excluding carboxylic acids is 1. The van der Waals surface area contributed by atoms with Gasteiger partial charge in [-0.05, 0) is 63.3 Å². The fourth-order valence-corrected chi connectivity index (χ4v) is 4.62. The minimum Gasteiger partial charge on any atom is -0.466 e. The van der Waals surface area contributed by atoms with Crippen LogP contribution in [-0.4, -0.2) is 47.9 Å². The molecular formula is C22H28N2O2. The van der Waals surface area contributed by atoms with Gasteiger partial charge < -0.3 is 9.32 Å². The van der Waals surface area contributed by atoms with E-state index < -0.39 is 0 Å². The number of benzene rings is 1. The number of furan rings is 1. The third-order valence-electron chi connectivity index (χ3n) is 6.11. The number of amides is 1. The van der Waals surface area contributed by atoms with Crippen molar-refractivity contribution in [2.24, 2.45) is 0 Å². The summed E-state index contributed by atoms with van der Waals surface area (Å²) in [7, 11) is 1.95. The molecule has 2 aromatic rings. The molecule has 1 fully saturated rings. The summed E-state index contributed by atoms with van der Waals surface area (Å²) in [6, 6.07) is 11.5. The fraction of sp³-hybridized carbons (Fsp3) is 0.500. The summed E-state index contributed by atoms with van der Waals surface area (Å²) in [5.74, 6) is 1.60. The first kappa shape index (κ1) is 17.3. The van der Waals surface area contributed by atoms with Crippen molar-refractivity contribution in [2.75, 3.05) is 20.1 Å². The number of hydrogen-bond donors (Lipinski definition) is 0. The van der Waals surface area contributed by atoms with Crippen molar-refractivity contribution in [3.05, 3.63) is 58.5 Å². The lowest BCUT2D eigenvalue weighted by Gasteiger charge is -2.40. The Bertz CT molecular complexity index is 785. The van der Waals surface area contributed by atoms with Gasteiger partial charge in [0.25, 0.3) is 5.91 Å². The zero-order valence-corrected chi connectivity index (χ0v) is 16.0. The highest BCUT2D eigenvalue weighted by molar-refractivity contribution is 5.95. The van der Waals surface area contributed by atoms with E-state index in [-0.39, 0.29) is 11.9 Å². The predicted molar refractivity (Wildman–Crippen MR) is 103 cm³/mol. The van der Waals surface area contributed by atoms with Gasteiger partial charge in [0.15, 0.2) is 0 Å². The average Bonchev–Trinajstić information content (AvgIpc) is 3.23. The Kier molecular flexibility index (Phi) is 4.62. The molecule has 0 saturated carbocycles. The predicted octanol–water partition coefficient (Wildman–Crippen LogP) is 3.60.